The topological polar surface area (TPSA) is 49.8 Å². The van der Waals surface area contributed by atoms with E-state index in [0.717, 1.165) is 31.7 Å². The molecule has 1 fully saturated rings. The zero-order chi connectivity index (χ0) is 13.7. The maximum Gasteiger partial charge on any atom is 0.317 e. The summed E-state index contributed by atoms with van der Waals surface area (Å²) >= 11 is 0. The van der Waals surface area contributed by atoms with Crippen molar-refractivity contribution in [2.75, 3.05) is 26.2 Å². The zero-order valence-electron chi connectivity index (χ0n) is 11.3. The van der Waals surface area contributed by atoms with Crippen molar-refractivity contribution in [2.24, 2.45) is 5.92 Å². The van der Waals surface area contributed by atoms with Crippen LogP contribution in [0.4, 0.5) is 0 Å². The lowest BCUT2D eigenvalue weighted by Crippen LogP contribution is -2.40. The van der Waals surface area contributed by atoms with Gasteiger partial charge in [-0.25, -0.2) is 0 Å². The van der Waals surface area contributed by atoms with E-state index in [9.17, 15) is 4.79 Å². The number of carboxylic acids is 1. The average molecular weight is 263 g/mol. The fraction of sp³-hybridized carbons (Fsp3) is 0.533. The molecule has 0 aliphatic carbocycles. The molecule has 1 aromatic carbocycles. The monoisotopic (exact) mass is 263 g/mol. The Bertz CT molecular complexity index is 433. The van der Waals surface area contributed by atoms with Gasteiger partial charge in [0.2, 0.25) is 0 Å². The quantitative estimate of drug-likeness (QED) is 0.884. The molecular weight excluding hydrogens is 242 g/mol. The Morgan fingerprint density at radius 2 is 2.37 bits per heavy atom. The number of likely N-dealkylation sites (tertiary alicyclic amines) is 1. The minimum absolute atomic E-state index is 0.140. The molecule has 0 saturated carbocycles. The molecular formula is C15H21NO3. The van der Waals surface area contributed by atoms with Gasteiger partial charge < -0.3 is 9.84 Å². The van der Waals surface area contributed by atoms with Crippen LogP contribution >= 0.6 is 0 Å². The van der Waals surface area contributed by atoms with Crippen molar-refractivity contribution < 1.29 is 14.6 Å². The van der Waals surface area contributed by atoms with E-state index < -0.39 is 5.97 Å². The van der Waals surface area contributed by atoms with Gasteiger partial charge in [-0.05, 0) is 44.0 Å². The number of ether oxygens (including phenoxy) is 1. The van der Waals surface area contributed by atoms with Crippen LogP contribution in [-0.4, -0.2) is 42.2 Å². The lowest BCUT2D eigenvalue weighted by molar-refractivity contribution is -0.138. The van der Waals surface area contributed by atoms with Crippen LogP contribution in [0.15, 0.2) is 24.3 Å². The number of piperidine rings is 1. The Morgan fingerprint density at radius 1 is 1.53 bits per heavy atom. The van der Waals surface area contributed by atoms with E-state index in [2.05, 4.69) is 0 Å². The number of aryl methyl sites for hydroxylation is 1. The van der Waals surface area contributed by atoms with Crippen LogP contribution in [0.2, 0.25) is 0 Å². The Hall–Kier alpha value is -1.55. The van der Waals surface area contributed by atoms with Crippen molar-refractivity contribution in [3.63, 3.8) is 0 Å². The van der Waals surface area contributed by atoms with E-state index in [0.29, 0.717) is 12.5 Å². The van der Waals surface area contributed by atoms with Gasteiger partial charge in [-0.3, -0.25) is 9.69 Å². The summed E-state index contributed by atoms with van der Waals surface area (Å²) in [5.74, 6) is 0.573. The largest absolute Gasteiger partial charge is 0.493 e. The summed E-state index contributed by atoms with van der Waals surface area (Å²) in [6, 6.07) is 8.02. The van der Waals surface area contributed by atoms with Crippen molar-refractivity contribution in [3.05, 3.63) is 29.8 Å². The van der Waals surface area contributed by atoms with Crippen LogP contribution in [0.25, 0.3) is 0 Å². The molecule has 1 heterocycles. The van der Waals surface area contributed by atoms with Crippen molar-refractivity contribution >= 4 is 5.97 Å². The first-order valence-corrected chi connectivity index (χ1v) is 6.77. The Balaban J connectivity index is 1.81. The van der Waals surface area contributed by atoms with Gasteiger partial charge in [0.1, 0.15) is 5.75 Å². The number of hydrogen-bond donors (Lipinski definition) is 1. The standard InChI is InChI=1S/C15H21NO3/c1-12-4-2-6-14(8-12)19-11-13-5-3-7-16(9-13)10-15(17)18/h2,4,6,8,13H,3,5,7,9-11H2,1H3,(H,17,18). The van der Waals surface area contributed by atoms with Gasteiger partial charge in [0.05, 0.1) is 13.2 Å². The molecule has 1 saturated heterocycles. The second-order valence-corrected chi connectivity index (χ2v) is 5.26. The average Bonchev–Trinajstić information content (AvgIpc) is 2.36. The van der Waals surface area contributed by atoms with Crippen molar-refractivity contribution in [1.82, 2.24) is 4.90 Å². The zero-order valence-corrected chi connectivity index (χ0v) is 11.3. The normalized spacial score (nSPS) is 20.2. The highest BCUT2D eigenvalue weighted by Crippen LogP contribution is 2.19. The number of aliphatic carboxylic acids is 1. The van der Waals surface area contributed by atoms with Gasteiger partial charge in [0.15, 0.2) is 0 Å². The number of carbonyl (C=O) groups is 1. The van der Waals surface area contributed by atoms with Gasteiger partial charge in [0, 0.05) is 12.5 Å². The maximum absolute atomic E-state index is 10.7. The van der Waals surface area contributed by atoms with E-state index >= 15 is 0 Å². The van der Waals surface area contributed by atoms with Crippen molar-refractivity contribution in [2.45, 2.75) is 19.8 Å². The minimum atomic E-state index is -0.750. The molecule has 1 aliphatic heterocycles. The molecule has 1 atom stereocenters. The van der Waals surface area contributed by atoms with Gasteiger partial charge in [0.25, 0.3) is 0 Å². The fourth-order valence-corrected chi connectivity index (χ4v) is 2.54. The minimum Gasteiger partial charge on any atom is -0.493 e. The first-order chi connectivity index (χ1) is 9.13. The Morgan fingerprint density at radius 3 is 3.11 bits per heavy atom. The van der Waals surface area contributed by atoms with E-state index in [1.54, 1.807) is 0 Å². The van der Waals surface area contributed by atoms with Crippen LogP contribution in [0, 0.1) is 12.8 Å². The van der Waals surface area contributed by atoms with Gasteiger partial charge in [-0.1, -0.05) is 12.1 Å². The molecule has 1 unspecified atom stereocenters. The van der Waals surface area contributed by atoms with E-state index in [4.69, 9.17) is 9.84 Å². The predicted octanol–water partition coefficient (Wildman–Crippen LogP) is 2.17. The number of nitrogens with zero attached hydrogens (tertiary/aromatic N) is 1. The molecule has 0 bridgehead atoms. The van der Waals surface area contributed by atoms with Gasteiger partial charge >= 0.3 is 5.97 Å². The molecule has 0 aromatic heterocycles. The molecule has 0 radical (unpaired) electrons. The summed E-state index contributed by atoms with van der Waals surface area (Å²) in [6.07, 6.45) is 2.16. The Kier molecular flexibility index (Phi) is 4.80. The fourth-order valence-electron chi connectivity index (χ4n) is 2.54. The smallest absolute Gasteiger partial charge is 0.317 e. The molecule has 19 heavy (non-hydrogen) atoms. The van der Waals surface area contributed by atoms with Crippen LogP contribution in [0.1, 0.15) is 18.4 Å². The summed E-state index contributed by atoms with van der Waals surface area (Å²) in [6.45, 7) is 4.55. The summed E-state index contributed by atoms with van der Waals surface area (Å²) in [5, 5.41) is 8.82. The summed E-state index contributed by atoms with van der Waals surface area (Å²) in [7, 11) is 0. The number of hydrogen-bond acceptors (Lipinski definition) is 3. The molecule has 1 aliphatic rings. The third kappa shape index (κ3) is 4.56. The second kappa shape index (κ2) is 6.57. The van der Waals surface area contributed by atoms with Crippen LogP contribution in [-0.2, 0) is 4.79 Å². The highest BCUT2D eigenvalue weighted by Gasteiger charge is 2.21. The van der Waals surface area contributed by atoms with Crippen LogP contribution in [0.3, 0.4) is 0 Å². The lowest BCUT2D eigenvalue weighted by atomic mass is 9.99. The molecule has 4 heteroatoms. The number of carboxylic acid groups (broad SMARTS) is 1. The van der Waals surface area contributed by atoms with E-state index in [1.165, 1.54) is 5.56 Å². The third-order valence-electron chi connectivity index (χ3n) is 3.44. The van der Waals surface area contributed by atoms with E-state index in [1.807, 2.05) is 36.1 Å². The van der Waals surface area contributed by atoms with Crippen LogP contribution < -0.4 is 4.74 Å². The summed E-state index contributed by atoms with van der Waals surface area (Å²) in [5.41, 5.74) is 1.19. The summed E-state index contributed by atoms with van der Waals surface area (Å²) < 4.78 is 5.81. The van der Waals surface area contributed by atoms with Gasteiger partial charge in [-0.15, -0.1) is 0 Å². The molecule has 1 N–H and O–H groups in total. The van der Waals surface area contributed by atoms with Crippen LogP contribution in [0.5, 0.6) is 5.75 Å². The first-order valence-electron chi connectivity index (χ1n) is 6.77. The van der Waals surface area contributed by atoms with E-state index in [-0.39, 0.29) is 6.54 Å². The number of rotatable bonds is 5. The molecule has 2 rings (SSSR count). The predicted molar refractivity (Wildman–Crippen MR) is 73.5 cm³/mol. The highest BCUT2D eigenvalue weighted by atomic mass is 16.5. The molecule has 0 amide bonds. The molecule has 4 nitrogen and oxygen atoms in total. The maximum atomic E-state index is 10.7. The molecule has 1 aromatic rings. The van der Waals surface area contributed by atoms with Gasteiger partial charge in [-0.2, -0.15) is 0 Å². The molecule has 104 valence electrons. The molecule has 0 spiro atoms. The highest BCUT2D eigenvalue weighted by molar-refractivity contribution is 5.69. The lowest BCUT2D eigenvalue weighted by Gasteiger charge is -2.31. The SMILES string of the molecule is Cc1cccc(OCC2CCCN(CC(=O)O)C2)c1. The third-order valence-corrected chi connectivity index (χ3v) is 3.44. The van der Waals surface area contributed by atoms with Crippen molar-refractivity contribution in [1.29, 1.82) is 0 Å². The van der Waals surface area contributed by atoms with Crippen molar-refractivity contribution in [3.8, 4) is 5.75 Å². The Labute approximate surface area is 114 Å². The second-order valence-electron chi connectivity index (χ2n) is 5.26. The first kappa shape index (κ1) is 13.9. The summed E-state index contributed by atoms with van der Waals surface area (Å²) in [4.78, 5) is 12.7. The number of benzene rings is 1.